The molecule has 0 atom stereocenters. The summed E-state index contributed by atoms with van der Waals surface area (Å²) in [6.07, 6.45) is 0.848. The van der Waals surface area contributed by atoms with E-state index in [0.29, 0.717) is 5.75 Å². The maximum absolute atomic E-state index is 11.5. The molecular weight excluding hydrogens is 542 g/mol. The Kier molecular flexibility index (Phi) is 9.04. The molecule has 0 N–H and O–H groups in total. The summed E-state index contributed by atoms with van der Waals surface area (Å²) in [4.78, 5) is 11.5. The lowest BCUT2D eigenvalue weighted by molar-refractivity contribution is -0.142. The van der Waals surface area contributed by atoms with Gasteiger partial charge in [0.2, 0.25) is 0 Å². The van der Waals surface area contributed by atoms with Crippen LogP contribution in [0.1, 0.15) is 5.56 Å². The van der Waals surface area contributed by atoms with Crippen molar-refractivity contribution in [2.75, 3.05) is 13.7 Å². The molecule has 0 unspecified atom stereocenters. The number of esters is 1. The Morgan fingerprint density at radius 3 is 1.64 bits per heavy atom. The summed E-state index contributed by atoms with van der Waals surface area (Å²) in [5.41, 5.74) is 1.16. The SMILES string of the molecule is COC(=O)COc1cccc(C[P+](c2ccccc2)(c2ccccc2)c2ccccc2)c1.[I-]. The summed E-state index contributed by atoms with van der Waals surface area (Å²) in [5.74, 6) is 0.273. The number of rotatable bonds is 8. The first-order valence-electron chi connectivity index (χ1n) is 10.6. The molecule has 0 aliphatic rings. The molecule has 0 amide bonds. The Hall–Kier alpha value is -2.69. The van der Waals surface area contributed by atoms with E-state index in [1.165, 1.54) is 23.0 Å². The molecule has 4 aromatic carbocycles. The molecule has 0 heterocycles. The van der Waals surface area contributed by atoms with E-state index in [-0.39, 0.29) is 30.6 Å². The van der Waals surface area contributed by atoms with Crippen LogP contribution in [0.2, 0.25) is 0 Å². The highest BCUT2D eigenvalue weighted by molar-refractivity contribution is 7.95. The minimum atomic E-state index is -1.99. The van der Waals surface area contributed by atoms with Gasteiger partial charge in [-0.15, -0.1) is 0 Å². The highest BCUT2D eigenvalue weighted by Gasteiger charge is 2.45. The third-order valence-corrected chi connectivity index (χ3v) is 9.87. The average Bonchev–Trinajstić information content (AvgIpc) is 2.87. The molecule has 0 radical (unpaired) electrons. The van der Waals surface area contributed by atoms with Gasteiger partial charge in [0, 0.05) is 0 Å². The van der Waals surface area contributed by atoms with Gasteiger partial charge in [-0.2, -0.15) is 0 Å². The molecule has 4 aromatic rings. The highest BCUT2D eigenvalue weighted by atomic mass is 127. The maximum Gasteiger partial charge on any atom is 0.343 e. The van der Waals surface area contributed by atoms with Gasteiger partial charge in [-0.05, 0) is 54.1 Å². The second-order valence-electron chi connectivity index (χ2n) is 7.49. The molecular formula is C28H26IO3P. The Morgan fingerprint density at radius 1 is 0.697 bits per heavy atom. The van der Waals surface area contributed by atoms with Crippen LogP contribution in [0.15, 0.2) is 115 Å². The largest absolute Gasteiger partial charge is 1.00 e. The van der Waals surface area contributed by atoms with E-state index in [9.17, 15) is 4.79 Å². The number of carbonyl (C=O) groups excluding carboxylic acids is 1. The van der Waals surface area contributed by atoms with Crippen molar-refractivity contribution in [3.05, 3.63) is 121 Å². The van der Waals surface area contributed by atoms with Crippen LogP contribution in [-0.2, 0) is 15.7 Å². The van der Waals surface area contributed by atoms with Crippen molar-refractivity contribution >= 4 is 29.1 Å². The fourth-order valence-corrected chi connectivity index (χ4v) is 8.21. The fraction of sp³-hybridized carbons (Fsp3) is 0.107. The van der Waals surface area contributed by atoms with Gasteiger partial charge in [0.15, 0.2) is 6.61 Å². The van der Waals surface area contributed by atoms with E-state index in [0.717, 1.165) is 11.7 Å². The van der Waals surface area contributed by atoms with E-state index in [1.54, 1.807) is 0 Å². The van der Waals surface area contributed by atoms with Crippen molar-refractivity contribution < 1.29 is 38.2 Å². The van der Waals surface area contributed by atoms with Gasteiger partial charge >= 0.3 is 5.97 Å². The molecule has 4 rings (SSSR count). The summed E-state index contributed by atoms with van der Waals surface area (Å²) >= 11 is 0. The second kappa shape index (κ2) is 12.0. The van der Waals surface area contributed by atoms with Gasteiger partial charge in [0.05, 0.1) is 13.3 Å². The lowest BCUT2D eigenvalue weighted by Gasteiger charge is -2.28. The van der Waals surface area contributed by atoms with Crippen molar-refractivity contribution in [1.29, 1.82) is 0 Å². The van der Waals surface area contributed by atoms with Crippen molar-refractivity contribution in [1.82, 2.24) is 0 Å². The van der Waals surface area contributed by atoms with E-state index >= 15 is 0 Å². The van der Waals surface area contributed by atoms with Gasteiger partial charge in [-0.3, -0.25) is 0 Å². The van der Waals surface area contributed by atoms with Crippen molar-refractivity contribution in [2.45, 2.75) is 6.16 Å². The summed E-state index contributed by atoms with van der Waals surface area (Å²) in [6, 6.07) is 40.4. The predicted molar refractivity (Wildman–Crippen MR) is 133 cm³/mol. The van der Waals surface area contributed by atoms with E-state index in [2.05, 4.69) is 97.1 Å². The number of methoxy groups -OCH3 is 1. The molecule has 0 saturated carbocycles. The molecule has 168 valence electrons. The summed E-state index contributed by atoms with van der Waals surface area (Å²) in [6.45, 7) is -0.101. The zero-order valence-electron chi connectivity index (χ0n) is 18.4. The highest BCUT2D eigenvalue weighted by Crippen LogP contribution is 2.58. The quantitative estimate of drug-likeness (QED) is 0.185. The smallest absolute Gasteiger partial charge is 0.343 e. The topological polar surface area (TPSA) is 35.5 Å². The number of carbonyl (C=O) groups is 1. The molecule has 0 aromatic heterocycles. The Balaban J connectivity index is 0.00000306. The van der Waals surface area contributed by atoms with Gasteiger partial charge in [-0.1, -0.05) is 66.7 Å². The van der Waals surface area contributed by atoms with E-state index in [4.69, 9.17) is 9.47 Å². The van der Waals surface area contributed by atoms with E-state index < -0.39 is 13.2 Å². The molecule has 5 heteroatoms. The molecule has 0 saturated heterocycles. The predicted octanol–water partition coefficient (Wildman–Crippen LogP) is 1.74. The minimum absolute atomic E-state index is 0. The summed E-state index contributed by atoms with van der Waals surface area (Å²) in [7, 11) is -0.624. The van der Waals surface area contributed by atoms with Gasteiger partial charge in [0.1, 0.15) is 28.9 Å². The molecule has 0 aliphatic carbocycles. The number of halogens is 1. The molecule has 0 spiro atoms. The maximum atomic E-state index is 11.5. The first-order valence-corrected chi connectivity index (χ1v) is 12.5. The Labute approximate surface area is 213 Å². The van der Waals surface area contributed by atoms with Gasteiger partial charge in [0.25, 0.3) is 0 Å². The molecule has 0 aliphatic heterocycles. The van der Waals surface area contributed by atoms with Crippen LogP contribution in [0, 0.1) is 0 Å². The van der Waals surface area contributed by atoms with Crippen LogP contribution < -0.4 is 44.6 Å². The van der Waals surface area contributed by atoms with Crippen LogP contribution in [0.4, 0.5) is 0 Å². The average molecular weight is 568 g/mol. The van der Waals surface area contributed by atoms with Crippen LogP contribution >= 0.6 is 7.26 Å². The lowest BCUT2D eigenvalue weighted by atomic mass is 10.2. The zero-order valence-corrected chi connectivity index (χ0v) is 21.5. The number of ether oxygens (including phenoxy) is 2. The fourth-order valence-electron chi connectivity index (χ4n) is 3.98. The first-order chi connectivity index (χ1) is 15.7. The summed E-state index contributed by atoms with van der Waals surface area (Å²) < 4.78 is 10.4. The molecule has 0 fully saturated rings. The third kappa shape index (κ3) is 5.82. The number of hydrogen-bond acceptors (Lipinski definition) is 3. The zero-order chi connectivity index (χ0) is 22.2. The Morgan fingerprint density at radius 2 is 1.18 bits per heavy atom. The Bertz CT molecular complexity index is 1050. The summed E-state index contributed by atoms with van der Waals surface area (Å²) in [5, 5.41) is 4.00. The van der Waals surface area contributed by atoms with Crippen LogP contribution in [-0.4, -0.2) is 19.7 Å². The van der Waals surface area contributed by atoms with Crippen molar-refractivity contribution in [3.8, 4) is 5.75 Å². The van der Waals surface area contributed by atoms with Crippen molar-refractivity contribution in [2.24, 2.45) is 0 Å². The minimum Gasteiger partial charge on any atom is -1.00 e. The standard InChI is InChI=1S/C28H26O3P.HI/c1-30-28(29)21-31-24-13-11-12-23(20-24)22-32(25-14-5-2-6-15-25,26-16-7-3-8-17-26)27-18-9-4-10-19-27;/h2-20H,21-22H2,1H3;1H/q+1;/p-1. The van der Waals surface area contributed by atoms with Gasteiger partial charge in [-0.25, -0.2) is 4.79 Å². The molecule has 0 bridgehead atoms. The van der Waals surface area contributed by atoms with Crippen LogP contribution in [0.25, 0.3) is 0 Å². The second-order valence-corrected chi connectivity index (χ2v) is 11.0. The van der Waals surface area contributed by atoms with Crippen LogP contribution in [0.3, 0.4) is 0 Å². The van der Waals surface area contributed by atoms with Crippen molar-refractivity contribution in [3.63, 3.8) is 0 Å². The normalized spacial score (nSPS) is 10.7. The van der Waals surface area contributed by atoms with E-state index in [1.807, 2.05) is 18.2 Å². The molecule has 3 nitrogen and oxygen atoms in total. The monoisotopic (exact) mass is 568 g/mol. The molecule has 33 heavy (non-hydrogen) atoms. The lowest BCUT2D eigenvalue weighted by Crippen LogP contribution is -3.00. The number of hydrogen-bond donors (Lipinski definition) is 0. The third-order valence-electron chi connectivity index (χ3n) is 5.49. The first kappa shape index (κ1) is 24.9. The van der Waals surface area contributed by atoms with Crippen LogP contribution in [0.5, 0.6) is 5.75 Å². The number of benzene rings is 4. The van der Waals surface area contributed by atoms with Gasteiger partial charge < -0.3 is 33.5 Å².